The molecule has 0 fully saturated rings. The summed E-state index contributed by atoms with van der Waals surface area (Å²) < 4.78 is 24.3. The molecule has 404 valence electrons. The van der Waals surface area contributed by atoms with Gasteiger partial charge in [-0.3, -0.25) is 4.98 Å². The molecule has 8 rings (SSSR count). The third-order valence-corrected chi connectivity index (χ3v) is 4.16. The first-order chi connectivity index (χ1) is 34.0. The molecule has 0 aliphatic heterocycles. The zero-order valence-corrected chi connectivity index (χ0v) is 51.1. The largest absolute Gasteiger partial charge is 0.452 e. The summed E-state index contributed by atoms with van der Waals surface area (Å²) in [5, 5.41) is 33.3. The fraction of sp³-hybridized carbons (Fsp3) is 0.622. The molecule has 23 heteroatoms. The molecule has 8 heterocycles. The van der Waals surface area contributed by atoms with Gasteiger partial charge in [-0.2, -0.15) is 4.37 Å². The minimum absolute atomic E-state index is 1.15. The highest BCUT2D eigenvalue weighted by molar-refractivity contribution is 7.07. The third kappa shape index (κ3) is 179. The fourth-order valence-corrected chi connectivity index (χ4v) is 2.31. The molecule has 0 radical (unpaired) electrons. The highest BCUT2D eigenvalue weighted by Gasteiger charge is 1.64. The first kappa shape index (κ1) is 101. The lowest BCUT2D eigenvalue weighted by Gasteiger charge is -1.47. The monoisotopic (exact) mass is 1040 g/mol. The van der Waals surface area contributed by atoms with Crippen LogP contribution in [-0.2, 0) is 0 Å². The molecule has 0 saturated carbocycles. The predicted molar refractivity (Wildman–Crippen MR) is 298 cm³/mol. The Morgan fingerprint density at radius 3 is 0.985 bits per heavy atom. The summed E-state index contributed by atoms with van der Waals surface area (Å²) in [5.41, 5.74) is 6.83. The fourth-order valence-electron chi connectivity index (χ4n) is 1.14. The van der Waals surface area contributed by atoms with Gasteiger partial charge in [0.1, 0.15) is 29.1 Å². The topological polar surface area (TPSA) is 246 Å². The zero-order valence-electron chi connectivity index (χ0n) is 47.8. The Labute approximate surface area is 432 Å². The Balaban J connectivity index is -0.0000000381. The summed E-state index contributed by atoms with van der Waals surface area (Å²) in [7, 11) is 0. The van der Waals surface area contributed by atoms with Gasteiger partial charge in [-0.05, 0) is 28.3 Å². The second-order valence-corrected chi connectivity index (χ2v) is 7.48. The van der Waals surface area contributed by atoms with Crippen LogP contribution in [0.3, 0.4) is 0 Å². The number of nitrogens with zero attached hydrogens (tertiary/aromatic N) is 15. The van der Waals surface area contributed by atoms with Crippen molar-refractivity contribution >= 4 is 45.7 Å². The number of aromatic nitrogens is 15. The van der Waals surface area contributed by atoms with Crippen LogP contribution < -0.4 is 0 Å². The lowest BCUT2D eigenvalue weighted by atomic mass is 11.0. The van der Waals surface area contributed by atoms with Crippen molar-refractivity contribution in [1.82, 2.24) is 75.0 Å². The average Bonchev–Trinajstić information content (AvgIpc) is 4.33. The Hall–Kier alpha value is -5.13. The third-order valence-electron chi connectivity index (χ3n) is 2.34. The summed E-state index contributed by atoms with van der Waals surface area (Å²) >= 11 is 5.80. The van der Waals surface area contributed by atoms with Crippen molar-refractivity contribution in [3.63, 3.8) is 0 Å². The van der Waals surface area contributed by atoms with Gasteiger partial charge in [0.05, 0.1) is 23.2 Å². The molecular formula is C45H101N15O4S4. The van der Waals surface area contributed by atoms with Gasteiger partial charge >= 0.3 is 0 Å². The minimum Gasteiger partial charge on any atom is -0.452 e. The minimum atomic E-state index is 1.15. The maximum atomic E-state index is 4.47. The van der Waals surface area contributed by atoms with Crippen LogP contribution in [0.2, 0.25) is 0 Å². The number of thiazole rings is 1. The number of hydrogen-bond acceptors (Lipinski definition) is 23. The van der Waals surface area contributed by atoms with E-state index in [0.29, 0.717) is 0 Å². The highest BCUT2D eigenvalue weighted by Crippen LogP contribution is 1.86. The SMILES string of the molecule is CC.CC.CC.CC.CC.CC.CC.CC.CC.CC.CC.CC.CC.CC.c1cocn1.c1cscn1.c1csnn1.c1ncon1.c1ncsn1.c1nnco1.c1nncs1.c1nnno1. The molecule has 0 bridgehead atoms. The van der Waals surface area contributed by atoms with Crippen molar-refractivity contribution in [2.75, 3.05) is 0 Å². The summed E-state index contributed by atoms with van der Waals surface area (Å²) in [6, 6.07) is 0. The van der Waals surface area contributed by atoms with Gasteiger partial charge in [0.15, 0.2) is 12.7 Å². The normalized spacial score (nSPS) is 5.94. The van der Waals surface area contributed by atoms with Crippen LogP contribution >= 0.6 is 45.7 Å². The van der Waals surface area contributed by atoms with Gasteiger partial charge in [-0.15, -0.1) is 48.2 Å². The number of hydrogen-bond donors (Lipinski definition) is 0. The summed E-state index contributed by atoms with van der Waals surface area (Å²) in [6.07, 6.45) is 15.7. The Morgan fingerprint density at radius 2 is 0.868 bits per heavy atom. The van der Waals surface area contributed by atoms with Crippen molar-refractivity contribution in [3.8, 4) is 0 Å². The molecule has 0 amide bonds. The van der Waals surface area contributed by atoms with Crippen LogP contribution in [0.5, 0.6) is 0 Å². The zero-order chi connectivity index (χ0) is 56.3. The second kappa shape index (κ2) is 189. The molecular weight excluding hydrogens is 943 g/mol. The lowest BCUT2D eigenvalue weighted by Crippen LogP contribution is -1.61. The van der Waals surface area contributed by atoms with E-state index in [1.54, 1.807) is 52.0 Å². The molecule has 0 aliphatic rings. The van der Waals surface area contributed by atoms with Crippen LogP contribution in [0.4, 0.5) is 0 Å². The van der Waals surface area contributed by atoms with Gasteiger partial charge < -0.3 is 17.9 Å². The molecule has 8 aromatic heterocycles. The first-order valence-electron chi connectivity index (χ1n) is 23.7. The Bertz CT molecular complexity index is 859. The van der Waals surface area contributed by atoms with Crippen molar-refractivity contribution in [2.24, 2.45) is 0 Å². The lowest BCUT2D eigenvalue weighted by molar-refractivity contribution is 0.392. The molecule has 19 nitrogen and oxygen atoms in total. The highest BCUT2D eigenvalue weighted by atomic mass is 32.1. The summed E-state index contributed by atoms with van der Waals surface area (Å²) in [4.78, 5) is 14.4. The van der Waals surface area contributed by atoms with E-state index in [9.17, 15) is 0 Å². The first-order valence-corrected chi connectivity index (χ1v) is 27.2. The van der Waals surface area contributed by atoms with Crippen molar-refractivity contribution in [3.05, 3.63) is 102 Å². The van der Waals surface area contributed by atoms with Crippen molar-refractivity contribution in [1.29, 1.82) is 0 Å². The predicted octanol–water partition coefficient (Wildman–Crippen LogP) is 17.4. The van der Waals surface area contributed by atoms with E-state index in [0.717, 1.165) is 6.39 Å². The van der Waals surface area contributed by atoms with E-state index < -0.39 is 0 Å². The second-order valence-electron chi connectivity index (χ2n) is 4.75. The maximum absolute atomic E-state index is 4.47. The molecule has 0 N–H and O–H groups in total. The molecule has 0 unspecified atom stereocenters. The van der Waals surface area contributed by atoms with Crippen LogP contribution in [0.25, 0.3) is 0 Å². The molecule has 0 atom stereocenters. The van der Waals surface area contributed by atoms with Gasteiger partial charge in [0.25, 0.3) is 0 Å². The molecule has 8 aromatic rings. The smallest absolute Gasteiger partial charge is 0.235 e. The summed E-state index contributed by atoms with van der Waals surface area (Å²) in [6.45, 7) is 56.0. The van der Waals surface area contributed by atoms with E-state index in [1.807, 2.05) is 205 Å². The molecule has 0 saturated heterocycles. The van der Waals surface area contributed by atoms with Crippen LogP contribution in [0.15, 0.2) is 120 Å². The average molecular weight is 1040 g/mol. The van der Waals surface area contributed by atoms with E-state index in [-0.39, 0.29) is 0 Å². The van der Waals surface area contributed by atoms with Gasteiger partial charge in [-0.1, -0.05) is 209 Å². The number of oxazole rings is 1. The quantitative estimate of drug-likeness (QED) is 0.137. The van der Waals surface area contributed by atoms with Gasteiger partial charge in [0.2, 0.25) is 25.6 Å². The Morgan fingerprint density at radius 1 is 0.338 bits per heavy atom. The molecule has 68 heavy (non-hydrogen) atoms. The Kier molecular flexibility index (Phi) is 279. The van der Waals surface area contributed by atoms with Gasteiger partial charge in [-0.25, -0.2) is 15.0 Å². The van der Waals surface area contributed by atoms with E-state index in [1.165, 1.54) is 78.9 Å². The van der Waals surface area contributed by atoms with E-state index >= 15 is 0 Å². The van der Waals surface area contributed by atoms with Crippen molar-refractivity contribution < 1.29 is 17.9 Å². The standard InChI is InChI=1S/C3H3NO.C3H3NS.2C2H2N2O.3C2H2N2S.14C2H6.CHN3O/c2*1-2-5-3-4-1;1-3-4-2-5-1;1-3-2-5-4-1;1-3-4-2-5-1;1-3-2-5-4-1;1-2-5-4-3-1;14*1-2;1-2-3-4-5-1/h2*1-3H;5*1-2H;14*1-2H3;1H. The summed E-state index contributed by atoms with van der Waals surface area (Å²) in [5.74, 6) is 0. The van der Waals surface area contributed by atoms with Crippen LogP contribution in [0.1, 0.15) is 194 Å². The number of rotatable bonds is 0. The van der Waals surface area contributed by atoms with E-state index in [4.69, 9.17) is 0 Å². The van der Waals surface area contributed by atoms with Crippen LogP contribution in [0, 0.1) is 0 Å². The molecule has 0 spiro atoms. The maximum Gasteiger partial charge on any atom is 0.235 e. The van der Waals surface area contributed by atoms with E-state index in [2.05, 4.69) is 92.9 Å². The van der Waals surface area contributed by atoms with Gasteiger partial charge in [0, 0.05) is 17.0 Å². The van der Waals surface area contributed by atoms with Crippen molar-refractivity contribution in [2.45, 2.75) is 194 Å². The van der Waals surface area contributed by atoms with Crippen LogP contribution in [-0.4, -0.2) is 75.0 Å². The molecule has 0 aromatic carbocycles. The molecule has 0 aliphatic carbocycles.